The molecule has 1 heterocycles. The highest BCUT2D eigenvalue weighted by molar-refractivity contribution is 6.05. The summed E-state index contributed by atoms with van der Waals surface area (Å²) in [7, 11) is 2.92. The Morgan fingerprint density at radius 1 is 1.03 bits per heavy atom. The summed E-state index contributed by atoms with van der Waals surface area (Å²) >= 11 is 0. The van der Waals surface area contributed by atoms with Gasteiger partial charge >= 0.3 is 0 Å². The zero-order chi connectivity index (χ0) is 24.1. The van der Waals surface area contributed by atoms with Crippen molar-refractivity contribution in [2.45, 2.75) is 13.5 Å². The van der Waals surface area contributed by atoms with Crippen molar-refractivity contribution in [3.05, 3.63) is 83.4 Å². The van der Waals surface area contributed by atoms with Crippen LogP contribution >= 0.6 is 0 Å². The van der Waals surface area contributed by atoms with Crippen molar-refractivity contribution in [2.75, 3.05) is 19.5 Å². The Bertz CT molecular complexity index is 1280. The van der Waals surface area contributed by atoms with Crippen molar-refractivity contribution in [3.63, 3.8) is 0 Å². The van der Waals surface area contributed by atoms with E-state index >= 15 is 0 Å². The third-order valence-corrected chi connectivity index (χ3v) is 5.02. The maximum absolute atomic E-state index is 14.5. The lowest BCUT2D eigenvalue weighted by atomic mass is 10.1. The number of aromatic nitrogens is 4. The van der Waals surface area contributed by atoms with Crippen LogP contribution in [-0.2, 0) is 6.61 Å². The summed E-state index contributed by atoms with van der Waals surface area (Å²) in [6, 6.07) is 16.8. The van der Waals surface area contributed by atoms with Gasteiger partial charge in [-0.25, -0.2) is 4.39 Å². The number of anilines is 1. The third-order valence-electron chi connectivity index (χ3n) is 5.02. The Morgan fingerprint density at radius 3 is 2.35 bits per heavy atom. The first kappa shape index (κ1) is 22.7. The fraction of sp³-hybridized carbons (Fsp3) is 0.167. The number of benzene rings is 3. The average Bonchev–Trinajstić information content (AvgIpc) is 3.29. The standard InChI is InChI=1S/C24H22FN5O4/c1-15-27-28-29-30(15)18-9-10-19(25)20(13-18)26-24(31)17-11-21(32-2)23(22(12-17)33-3)34-14-16-7-5-4-6-8-16/h4-13H,14H2,1-3H3,(H,26,31). The van der Waals surface area contributed by atoms with Crippen molar-refractivity contribution in [3.8, 4) is 22.9 Å². The second-order valence-corrected chi connectivity index (χ2v) is 7.24. The molecule has 9 nitrogen and oxygen atoms in total. The minimum Gasteiger partial charge on any atom is -0.493 e. The molecule has 3 aromatic carbocycles. The van der Waals surface area contributed by atoms with E-state index in [0.717, 1.165) is 5.56 Å². The van der Waals surface area contributed by atoms with Crippen molar-refractivity contribution in [2.24, 2.45) is 0 Å². The summed E-state index contributed by atoms with van der Waals surface area (Å²) in [5.74, 6) is 0.315. The number of rotatable bonds is 8. The molecule has 0 saturated carbocycles. The summed E-state index contributed by atoms with van der Waals surface area (Å²) in [6.45, 7) is 2.00. The van der Waals surface area contributed by atoms with E-state index in [9.17, 15) is 9.18 Å². The van der Waals surface area contributed by atoms with E-state index < -0.39 is 11.7 Å². The van der Waals surface area contributed by atoms with Crippen LogP contribution in [0.2, 0.25) is 0 Å². The van der Waals surface area contributed by atoms with Gasteiger partial charge in [-0.15, -0.1) is 5.10 Å². The van der Waals surface area contributed by atoms with Crippen LogP contribution in [0.5, 0.6) is 17.2 Å². The molecule has 4 rings (SSSR count). The highest BCUT2D eigenvalue weighted by Crippen LogP contribution is 2.39. The first-order valence-electron chi connectivity index (χ1n) is 10.3. The SMILES string of the molecule is COc1cc(C(=O)Nc2cc(-n3nnnc3C)ccc2F)cc(OC)c1OCc1ccccc1. The number of methoxy groups -OCH3 is 2. The van der Waals surface area contributed by atoms with Crippen LogP contribution in [0.15, 0.2) is 60.7 Å². The summed E-state index contributed by atoms with van der Waals surface area (Å²) in [5.41, 5.74) is 1.63. The van der Waals surface area contributed by atoms with Gasteiger partial charge in [-0.1, -0.05) is 30.3 Å². The number of hydrogen-bond donors (Lipinski definition) is 1. The molecule has 4 aromatic rings. The van der Waals surface area contributed by atoms with Gasteiger partial charge in [0.2, 0.25) is 5.75 Å². The Balaban J connectivity index is 1.59. The van der Waals surface area contributed by atoms with Crippen molar-refractivity contribution >= 4 is 11.6 Å². The van der Waals surface area contributed by atoms with Crippen LogP contribution in [0.25, 0.3) is 5.69 Å². The van der Waals surface area contributed by atoms with E-state index in [1.165, 1.54) is 49.2 Å². The lowest BCUT2D eigenvalue weighted by Gasteiger charge is -2.16. The van der Waals surface area contributed by atoms with Crippen LogP contribution < -0.4 is 19.5 Å². The minimum absolute atomic E-state index is 0.0280. The van der Waals surface area contributed by atoms with Crippen LogP contribution in [0.4, 0.5) is 10.1 Å². The minimum atomic E-state index is -0.607. The quantitative estimate of drug-likeness (QED) is 0.422. The monoisotopic (exact) mass is 463 g/mol. The Hall–Kier alpha value is -4.47. The van der Waals surface area contributed by atoms with E-state index in [0.29, 0.717) is 28.8 Å². The fourth-order valence-corrected chi connectivity index (χ4v) is 3.29. The maximum Gasteiger partial charge on any atom is 0.256 e. The van der Waals surface area contributed by atoms with Crippen LogP contribution in [0.3, 0.4) is 0 Å². The van der Waals surface area contributed by atoms with Crippen molar-refractivity contribution in [1.82, 2.24) is 20.2 Å². The molecular formula is C24H22FN5O4. The topological polar surface area (TPSA) is 100 Å². The smallest absolute Gasteiger partial charge is 0.256 e. The molecule has 0 radical (unpaired) electrons. The molecule has 10 heteroatoms. The van der Waals surface area contributed by atoms with E-state index in [-0.39, 0.29) is 17.9 Å². The van der Waals surface area contributed by atoms with Crippen LogP contribution in [-0.4, -0.2) is 40.3 Å². The van der Waals surface area contributed by atoms with E-state index in [4.69, 9.17) is 14.2 Å². The van der Waals surface area contributed by atoms with Gasteiger partial charge in [0.1, 0.15) is 12.4 Å². The first-order chi connectivity index (χ1) is 16.5. The number of halogens is 1. The molecule has 0 aliphatic rings. The number of nitrogens with one attached hydrogen (secondary N) is 1. The molecule has 1 aromatic heterocycles. The van der Waals surface area contributed by atoms with E-state index in [2.05, 4.69) is 20.8 Å². The van der Waals surface area contributed by atoms with Crippen LogP contribution in [0, 0.1) is 12.7 Å². The molecule has 1 N–H and O–H groups in total. The molecule has 34 heavy (non-hydrogen) atoms. The number of carbonyl (C=O) groups is 1. The molecule has 0 aliphatic heterocycles. The van der Waals surface area contributed by atoms with Gasteiger partial charge in [-0.05, 0) is 53.2 Å². The predicted molar refractivity (Wildman–Crippen MR) is 122 cm³/mol. The summed E-state index contributed by atoms with van der Waals surface area (Å²) in [5, 5.41) is 13.8. The number of carbonyl (C=O) groups excluding carboxylic acids is 1. The molecule has 0 bridgehead atoms. The molecule has 174 valence electrons. The number of amides is 1. The second kappa shape index (κ2) is 9.99. The summed E-state index contributed by atoms with van der Waals surface area (Å²) in [6.07, 6.45) is 0. The Kier molecular flexibility index (Phi) is 6.67. The molecule has 0 unspecified atom stereocenters. The van der Waals surface area contributed by atoms with Crippen molar-refractivity contribution in [1.29, 1.82) is 0 Å². The lowest BCUT2D eigenvalue weighted by molar-refractivity contribution is 0.102. The maximum atomic E-state index is 14.5. The summed E-state index contributed by atoms with van der Waals surface area (Å²) in [4.78, 5) is 13.0. The van der Waals surface area contributed by atoms with Gasteiger partial charge < -0.3 is 19.5 Å². The molecule has 0 spiro atoms. The fourth-order valence-electron chi connectivity index (χ4n) is 3.29. The zero-order valence-electron chi connectivity index (χ0n) is 18.8. The number of aryl methyl sites for hydroxylation is 1. The molecule has 0 atom stereocenters. The third kappa shape index (κ3) is 4.80. The number of tetrazole rings is 1. The first-order valence-corrected chi connectivity index (χ1v) is 10.3. The average molecular weight is 463 g/mol. The number of nitrogens with zero attached hydrogens (tertiary/aromatic N) is 4. The molecule has 0 saturated heterocycles. The Morgan fingerprint density at radius 2 is 1.74 bits per heavy atom. The normalized spacial score (nSPS) is 10.6. The highest BCUT2D eigenvalue weighted by Gasteiger charge is 2.19. The molecule has 0 fully saturated rings. The van der Waals surface area contributed by atoms with Crippen molar-refractivity contribution < 1.29 is 23.4 Å². The van der Waals surface area contributed by atoms with Gasteiger partial charge in [-0.3, -0.25) is 4.79 Å². The zero-order valence-corrected chi connectivity index (χ0v) is 18.8. The number of hydrogen-bond acceptors (Lipinski definition) is 7. The molecular weight excluding hydrogens is 441 g/mol. The summed E-state index contributed by atoms with van der Waals surface area (Å²) < 4.78 is 32.7. The van der Waals surface area contributed by atoms with Crippen LogP contribution in [0.1, 0.15) is 21.7 Å². The highest BCUT2D eigenvalue weighted by atomic mass is 19.1. The van der Waals surface area contributed by atoms with E-state index in [1.54, 1.807) is 6.92 Å². The largest absolute Gasteiger partial charge is 0.493 e. The van der Waals surface area contributed by atoms with Gasteiger partial charge in [0.15, 0.2) is 17.3 Å². The van der Waals surface area contributed by atoms with Gasteiger partial charge in [0.25, 0.3) is 5.91 Å². The second-order valence-electron chi connectivity index (χ2n) is 7.24. The van der Waals surface area contributed by atoms with Gasteiger partial charge in [0, 0.05) is 5.56 Å². The lowest BCUT2D eigenvalue weighted by Crippen LogP contribution is -2.14. The van der Waals surface area contributed by atoms with Gasteiger partial charge in [0.05, 0.1) is 25.6 Å². The number of ether oxygens (including phenoxy) is 3. The van der Waals surface area contributed by atoms with E-state index in [1.807, 2.05) is 30.3 Å². The molecule has 1 amide bonds. The molecule has 0 aliphatic carbocycles. The van der Waals surface area contributed by atoms with Gasteiger partial charge in [-0.2, -0.15) is 4.68 Å². The Labute approximate surface area is 195 Å². The predicted octanol–water partition coefficient (Wildman–Crippen LogP) is 3.96.